The molecule has 0 fully saturated rings. The fraction of sp³-hybridized carbons (Fsp3) is 0.222. The third-order valence-corrected chi connectivity index (χ3v) is 6.32. The van der Waals surface area contributed by atoms with Crippen molar-refractivity contribution < 1.29 is 29.3 Å². The average molecular weight is 475 g/mol. The van der Waals surface area contributed by atoms with Crippen LogP contribution in [0, 0.1) is 6.92 Å². The maximum atomic E-state index is 13.5. The van der Waals surface area contributed by atoms with E-state index in [0.29, 0.717) is 5.69 Å². The molecule has 0 aromatic heterocycles. The minimum absolute atomic E-state index is 0.136. The third-order valence-electron chi connectivity index (χ3n) is 6.32. The number of methoxy groups -OCH3 is 1. The van der Waals surface area contributed by atoms with Crippen molar-refractivity contribution >= 4 is 29.2 Å². The maximum absolute atomic E-state index is 13.5. The molecule has 8 nitrogen and oxygen atoms in total. The minimum Gasteiger partial charge on any atom is -0.495 e. The second-order valence-electron chi connectivity index (χ2n) is 8.47. The summed E-state index contributed by atoms with van der Waals surface area (Å²) < 4.78 is 5.43. The van der Waals surface area contributed by atoms with Gasteiger partial charge in [0.25, 0.3) is 11.8 Å². The van der Waals surface area contributed by atoms with Crippen LogP contribution in [0.3, 0.4) is 0 Å². The van der Waals surface area contributed by atoms with Gasteiger partial charge in [-0.05, 0) is 48.7 Å². The molecular weight excluding hydrogens is 448 g/mol. The summed E-state index contributed by atoms with van der Waals surface area (Å²) in [6.45, 7) is 3.23. The number of carbonyl (C=O) groups excluding carboxylic acids is 2. The summed E-state index contributed by atoms with van der Waals surface area (Å²) in [5.74, 6) is -2.02. The first-order valence-electron chi connectivity index (χ1n) is 11.1. The van der Waals surface area contributed by atoms with Gasteiger partial charge >= 0.3 is 5.97 Å². The van der Waals surface area contributed by atoms with Crippen molar-refractivity contribution in [1.29, 1.82) is 0 Å². The van der Waals surface area contributed by atoms with Crippen molar-refractivity contribution in [1.82, 2.24) is 0 Å². The Hall–Kier alpha value is -4.17. The Morgan fingerprint density at radius 1 is 0.971 bits per heavy atom. The number of benzene rings is 3. The van der Waals surface area contributed by atoms with E-state index in [1.165, 1.54) is 38.1 Å². The van der Waals surface area contributed by atoms with Crippen LogP contribution in [0.15, 0.2) is 60.7 Å². The fourth-order valence-electron chi connectivity index (χ4n) is 4.55. The number of carboxylic acids is 1. The van der Waals surface area contributed by atoms with Gasteiger partial charge in [0.05, 0.1) is 35.7 Å². The number of hydrogen-bond donors (Lipinski definition) is 2. The van der Waals surface area contributed by atoms with Crippen LogP contribution in [0.5, 0.6) is 5.75 Å². The van der Waals surface area contributed by atoms with Crippen LogP contribution < -0.4 is 14.5 Å². The van der Waals surface area contributed by atoms with E-state index in [1.807, 2.05) is 43.3 Å². The van der Waals surface area contributed by atoms with Gasteiger partial charge in [-0.25, -0.2) is 9.69 Å². The molecule has 2 amide bonds. The number of ether oxygens (including phenoxy) is 1. The summed E-state index contributed by atoms with van der Waals surface area (Å²) in [6, 6.07) is 16.8. The fourth-order valence-corrected chi connectivity index (χ4v) is 4.55. The lowest BCUT2D eigenvalue weighted by Gasteiger charge is -2.30. The molecule has 2 N–H and O–H groups in total. The van der Waals surface area contributed by atoms with Crippen LogP contribution in [0.1, 0.15) is 33.2 Å². The van der Waals surface area contributed by atoms with Crippen molar-refractivity contribution in [3.8, 4) is 16.9 Å². The van der Waals surface area contributed by atoms with Gasteiger partial charge in [0.1, 0.15) is 5.75 Å². The quantitative estimate of drug-likeness (QED) is 0.502. The van der Waals surface area contributed by atoms with E-state index in [2.05, 4.69) is 0 Å². The lowest BCUT2D eigenvalue weighted by molar-refractivity contribution is -0.140. The first kappa shape index (κ1) is 24.0. The predicted octanol–water partition coefficient (Wildman–Crippen LogP) is 3.74. The Bertz CT molecular complexity index is 1320. The van der Waals surface area contributed by atoms with Crippen LogP contribution >= 0.6 is 0 Å². The molecule has 0 radical (unpaired) electrons. The highest BCUT2D eigenvalue weighted by Gasteiger charge is 2.40. The molecular formula is C27H26N2O6. The molecule has 3 aromatic rings. The van der Waals surface area contributed by atoms with E-state index in [-0.39, 0.29) is 22.6 Å². The molecule has 4 rings (SSSR count). The smallest absolute Gasteiger partial charge is 0.329 e. The number of hydrogen-bond acceptors (Lipinski definition) is 6. The maximum Gasteiger partial charge on any atom is 0.329 e. The van der Waals surface area contributed by atoms with Crippen molar-refractivity contribution in [3.05, 3.63) is 77.4 Å². The molecule has 0 bridgehead atoms. The van der Waals surface area contributed by atoms with Crippen molar-refractivity contribution in [3.63, 3.8) is 0 Å². The van der Waals surface area contributed by atoms with Gasteiger partial charge in [0.2, 0.25) is 0 Å². The number of nitrogens with zero attached hydrogens (tertiary/aromatic N) is 2. The average Bonchev–Trinajstić information content (AvgIpc) is 3.07. The molecule has 1 heterocycles. The Balaban J connectivity index is 1.80. The third kappa shape index (κ3) is 4.02. The standard InChI is InChI=1S/C27H26N2O6/c1-15-18(17-9-6-5-7-10-17)11-8-12-21(15)29-25(31)19-13-22(23(35-4)14-20(19)26(29)32)28(3)24(16(2)30)27(33)34/h5-14,16,24,30H,1-4H3,(H,33,34). The number of rotatable bonds is 7. The number of carbonyl (C=O) groups is 3. The molecule has 0 saturated heterocycles. The summed E-state index contributed by atoms with van der Waals surface area (Å²) in [7, 11) is 2.88. The lowest BCUT2D eigenvalue weighted by Crippen LogP contribution is -2.46. The number of carboxylic acid groups (broad SMARTS) is 1. The molecule has 1 aliphatic heterocycles. The Labute approximate surface area is 203 Å². The second kappa shape index (κ2) is 9.23. The van der Waals surface area contributed by atoms with Gasteiger partial charge < -0.3 is 19.8 Å². The summed E-state index contributed by atoms with van der Waals surface area (Å²) in [4.78, 5) is 41.1. The summed E-state index contributed by atoms with van der Waals surface area (Å²) in [5.41, 5.74) is 3.69. The molecule has 8 heteroatoms. The van der Waals surface area contributed by atoms with Crippen molar-refractivity contribution in [2.75, 3.05) is 24.0 Å². The zero-order valence-corrected chi connectivity index (χ0v) is 19.9. The number of imide groups is 1. The Kier molecular flexibility index (Phi) is 6.32. The van der Waals surface area contributed by atoms with Crippen LogP contribution in [0.25, 0.3) is 11.1 Å². The first-order valence-corrected chi connectivity index (χ1v) is 11.1. The zero-order chi connectivity index (χ0) is 25.4. The zero-order valence-electron chi connectivity index (χ0n) is 19.9. The van der Waals surface area contributed by atoms with Crippen LogP contribution in [0.2, 0.25) is 0 Å². The monoisotopic (exact) mass is 474 g/mol. The topological polar surface area (TPSA) is 107 Å². The van der Waals surface area contributed by atoms with Crippen LogP contribution in [-0.4, -0.2) is 54.3 Å². The highest BCUT2D eigenvalue weighted by atomic mass is 16.5. The minimum atomic E-state index is -1.28. The SMILES string of the molecule is COc1cc2c(cc1N(C)C(C(=O)O)C(C)O)C(=O)N(c1cccc(-c3ccccc3)c1C)C2=O. The molecule has 35 heavy (non-hydrogen) atoms. The summed E-state index contributed by atoms with van der Waals surface area (Å²) in [5, 5.41) is 19.6. The molecule has 1 aliphatic rings. The first-order chi connectivity index (χ1) is 16.7. The van der Waals surface area contributed by atoms with Crippen LogP contribution in [-0.2, 0) is 4.79 Å². The van der Waals surface area contributed by atoms with E-state index in [1.54, 1.807) is 12.1 Å². The number of likely N-dealkylation sites (N-methyl/N-ethyl adjacent to an activating group) is 1. The van der Waals surface area contributed by atoms with Gasteiger partial charge in [-0.1, -0.05) is 42.5 Å². The Morgan fingerprint density at radius 2 is 1.60 bits per heavy atom. The van der Waals surface area contributed by atoms with Gasteiger partial charge in [0.15, 0.2) is 6.04 Å². The van der Waals surface area contributed by atoms with Crippen molar-refractivity contribution in [2.45, 2.75) is 26.0 Å². The highest BCUT2D eigenvalue weighted by Crippen LogP contribution is 2.40. The molecule has 2 unspecified atom stereocenters. The van der Waals surface area contributed by atoms with E-state index >= 15 is 0 Å². The highest BCUT2D eigenvalue weighted by molar-refractivity contribution is 6.35. The molecule has 2 atom stereocenters. The number of amides is 2. The molecule has 0 saturated carbocycles. The second-order valence-corrected chi connectivity index (χ2v) is 8.47. The normalized spacial score (nSPS) is 14.5. The van der Waals surface area contributed by atoms with Gasteiger partial charge in [-0.15, -0.1) is 0 Å². The van der Waals surface area contributed by atoms with E-state index in [0.717, 1.165) is 21.6 Å². The van der Waals surface area contributed by atoms with Crippen LogP contribution in [0.4, 0.5) is 11.4 Å². The molecule has 180 valence electrons. The molecule has 3 aromatic carbocycles. The summed E-state index contributed by atoms with van der Waals surface area (Å²) >= 11 is 0. The van der Waals surface area contributed by atoms with E-state index in [4.69, 9.17) is 4.74 Å². The van der Waals surface area contributed by atoms with Gasteiger partial charge in [0, 0.05) is 7.05 Å². The van der Waals surface area contributed by atoms with Crippen molar-refractivity contribution in [2.24, 2.45) is 0 Å². The molecule has 0 spiro atoms. The molecule has 0 aliphatic carbocycles. The number of aliphatic hydroxyl groups is 1. The number of fused-ring (bicyclic) bond motifs is 1. The number of anilines is 2. The largest absolute Gasteiger partial charge is 0.495 e. The summed E-state index contributed by atoms with van der Waals surface area (Å²) in [6.07, 6.45) is -1.20. The van der Waals surface area contributed by atoms with E-state index in [9.17, 15) is 24.6 Å². The predicted molar refractivity (Wildman–Crippen MR) is 132 cm³/mol. The van der Waals surface area contributed by atoms with E-state index < -0.39 is 29.9 Å². The number of aliphatic carboxylic acids is 1. The Morgan fingerprint density at radius 3 is 2.17 bits per heavy atom. The van der Waals surface area contributed by atoms with Gasteiger partial charge in [-0.3, -0.25) is 9.59 Å². The van der Waals surface area contributed by atoms with Gasteiger partial charge in [-0.2, -0.15) is 0 Å². The number of aliphatic hydroxyl groups excluding tert-OH is 1. The lowest BCUT2D eigenvalue weighted by atomic mass is 9.99.